The van der Waals surface area contributed by atoms with Crippen LogP contribution in [0.5, 0.6) is 0 Å². The van der Waals surface area contributed by atoms with Crippen molar-refractivity contribution in [3.05, 3.63) is 76.6 Å². The highest BCUT2D eigenvalue weighted by Crippen LogP contribution is 2.31. The summed E-state index contributed by atoms with van der Waals surface area (Å²) in [7, 11) is 0. The lowest BCUT2D eigenvalue weighted by molar-refractivity contribution is -0.114. The predicted octanol–water partition coefficient (Wildman–Crippen LogP) is 4.32. The Morgan fingerprint density at radius 1 is 0.939 bits per heavy atom. The Kier molecular flexibility index (Phi) is 5.74. The predicted molar refractivity (Wildman–Crippen MR) is 135 cm³/mol. The smallest absolute Gasteiger partial charge is 0.260 e. The Hall–Kier alpha value is -3.42. The van der Waals surface area contributed by atoms with Crippen molar-refractivity contribution in [1.82, 2.24) is 10.6 Å². The van der Waals surface area contributed by atoms with Crippen molar-refractivity contribution in [3.63, 3.8) is 0 Å². The van der Waals surface area contributed by atoms with Crippen LogP contribution in [-0.2, 0) is 4.79 Å². The van der Waals surface area contributed by atoms with Crippen LogP contribution in [0.25, 0.3) is 16.7 Å². The molecule has 0 unspecified atom stereocenters. The zero-order chi connectivity index (χ0) is 22.9. The zero-order valence-electron chi connectivity index (χ0n) is 18.6. The number of rotatable bonds is 4. The summed E-state index contributed by atoms with van der Waals surface area (Å²) < 4.78 is 0. The summed E-state index contributed by atoms with van der Waals surface area (Å²) in [6.07, 6.45) is 1.68. The molecule has 2 aliphatic rings. The third-order valence-corrected chi connectivity index (χ3v) is 6.74. The molecule has 2 aliphatic heterocycles. The monoisotopic (exact) mass is 458 g/mol. The molecule has 168 valence electrons. The average molecular weight is 459 g/mol. The highest BCUT2D eigenvalue weighted by atomic mass is 32.1. The highest BCUT2D eigenvalue weighted by Gasteiger charge is 2.27. The number of carbonyl (C=O) groups excluding carboxylic acids is 2. The third kappa shape index (κ3) is 4.42. The molecule has 5 rings (SSSR count). The van der Waals surface area contributed by atoms with E-state index in [1.165, 1.54) is 5.69 Å². The van der Waals surface area contributed by atoms with Gasteiger partial charge in [0.05, 0.1) is 5.57 Å². The third-order valence-electron chi connectivity index (χ3n) is 6.05. The number of nitrogens with zero attached hydrogens (tertiary/aromatic N) is 1. The molecule has 0 radical (unpaired) electrons. The van der Waals surface area contributed by atoms with Crippen LogP contribution >= 0.6 is 11.3 Å². The van der Waals surface area contributed by atoms with Gasteiger partial charge in [0.2, 0.25) is 0 Å². The molecule has 2 aromatic carbocycles. The van der Waals surface area contributed by atoms with Crippen molar-refractivity contribution in [2.45, 2.75) is 25.9 Å². The Morgan fingerprint density at radius 2 is 1.70 bits per heavy atom. The Morgan fingerprint density at radius 3 is 2.39 bits per heavy atom. The lowest BCUT2D eigenvalue weighted by Gasteiger charge is -2.37. The van der Waals surface area contributed by atoms with E-state index in [1.54, 1.807) is 23.6 Å². The molecule has 3 N–H and O–H groups in total. The zero-order valence-corrected chi connectivity index (χ0v) is 19.4. The summed E-state index contributed by atoms with van der Waals surface area (Å²) in [5, 5.41) is 13.3. The van der Waals surface area contributed by atoms with E-state index in [-0.39, 0.29) is 5.91 Å². The number of thiophene rings is 1. The molecule has 6 nitrogen and oxygen atoms in total. The van der Waals surface area contributed by atoms with Gasteiger partial charge in [0.15, 0.2) is 0 Å². The summed E-state index contributed by atoms with van der Waals surface area (Å²) in [5.41, 5.74) is 5.69. The van der Waals surface area contributed by atoms with Crippen molar-refractivity contribution in [1.29, 1.82) is 0 Å². The summed E-state index contributed by atoms with van der Waals surface area (Å²) in [4.78, 5) is 27.4. The second kappa shape index (κ2) is 8.84. The maximum atomic E-state index is 12.7. The van der Waals surface area contributed by atoms with Crippen LogP contribution in [0.15, 0.2) is 65.5 Å². The molecule has 1 aromatic heterocycles. The molecule has 3 aromatic rings. The maximum absolute atomic E-state index is 12.7. The number of fused-ring (bicyclic) bond motifs is 1. The van der Waals surface area contributed by atoms with Gasteiger partial charge in [0.1, 0.15) is 0 Å². The lowest BCUT2D eigenvalue weighted by Crippen LogP contribution is -2.54. The fraction of sp³-hybridized carbons (Fsp3) is 0.231. The largest absolute Gasteiger partial charge is 0.368 e. The van der Waals surface area contributed by atoms with Gasteiger partial charge >= 0.3 is 0 Å². The second-order valence-electron chi connectivity index (χ2n) is 8.68. The molecule has 0 spiro atoms. The van der Waals surface area contributed by atoms with Gasteiger partial charge in [-0.15, -0.1) is 0 Å². The molecular weight excluding hydrogens is 432 g/mol. The topological polar surface area (TPSA) is 73.5 Å². The minimum Gasteiger partial charge on any atom is -0.368 e. The van der Waals surface area contributed by atoms with E-state index in [2.05, 4.69) is 52.2 Å². The molecule has 0 aliphatic carbocycles. The van der Waals surface area contributed by atoms with E-state index in [0.717, 1.165) is 29.9 Å². The van der Waals surface area contributed by atoms with E-state index in [0.29, 0.717) is 28.8 Å². The van der Waals surface area contributed by atoms with Crippen LogP contribution in [-0.4, -0.2) is 37.0 Å². The summed E-state index contributed by atoms with van der Waals surface area (Å²) >= 11 is 1.61. The Bertz CT molecular complexity index is 1210. The second-order valence-corrected chi connectivity index (χ2v) is 9.46. The van der Waals surface area contributed by atoms with Crippen molar-refractivity contribution < 1.29 is 9.59 Å². The van der Waals surface area contributed by atoms with Gasteiger partial charge in [0, 0.05) is 53.9 Å². The van der Waals surface area contributed by atoms with Crippen LogP contribution in [0.4, 0.5) is 11.4 Å². The number of amides is 2. The molecule has 0 bridgehead atoms. The number of hydrogen-bond donors (Lipinski definition) is 3. The van der Waals surface area contributed by atoms with Gasteiger partial charge in [-0.05, 0) is 78.2 Å². The first-order chi connectivity index (χ1) is 16.0. The molecule has 1 saturated heterocycles. The fourth-order valence-electron chi connectivity index (χ4n) is 4.54. The normalized spacial score (nSPS) is 21.6. The number of benzene rings is 2. The summed E-state index contributed by atoms with van der Waals surface area (Å²) in [6.45, 7) is 6.34. The molecule has 3 heterocycles. The summed E-state index contributed by atoms with van der Waals surface area (Å²) in [5.74, 6) is -0.768. The molecule has 0 saturated carbocycles. The molecule has 1 fully saturated rings. The molecule has 7 heteroatoms. The minimum atomic E-state index is -0.400. The SMILES string of the molecule is C[C@@H]1CN(c2ccc(N/C=C3\C(=O)NC(=O)c4ccc(-c5ccsc5)cc43)cc2)C[C@H](C)N1. The highest BCUT2D eigenvalue weighted by molar-refractivity contribution is 7.08. The molecule has 2 atom stereocenters. The fourth-order valence-corrected chi connectivity index (χ4v) is 5.20. The van der Waals surface area contributed by atoms with Crippen LogP contribution in [0, 0.1) is 0 Å². The van der Waals surface area contributed by atoms with E-state index >= 15 is 0 Å². The van der Waals surface area contributed by atoms with Crippen molar-refractivity contribution in [2.75, 3.05) is 23.3 Å². The number of piperazine rings is 1. The van der Waals surface area contributed by atoms with Gasteiger partial charge in [-0.1, -0.05) is 6.07 Å². The number of nitrogens with one attached hydrogen (secondary N) is 3. The van der Waals surface area contributed by atoms with Crippen LogP contribution in [0.3, 0.4) is 0 Å². The van der Waals surface area contributed by atoms with Gasteiger partial charge in [-0.2, -0.15) is 11.3 Å². The van der Waals surface area contributed by atoms with Gasteiger partial charge in [0.25, 0.3) is 11.8 Å². The van der Waals surface area contributed by atoms with Gasteiger partial charge in [-0.3, -0.25) is 14.9 Å². The van der Waals surface area contributed by atoms with Crippen molar-refractivity contribution in [2.24, 2.45) is 0 Å². The summed E-state index contributed by atoms with van der Waals surface area (Å²) in [6, 6.07) is 16.7. The molecular formula is C26H26N4O2S. The Balaban J connectivity index is 1.39. The van der Waals surface area contributed by atoms with Crippen LogP contribution < -0.4 is 20.9 Å². The Labute approximate surface area is 197 Å². The van der Waals surface area contributed by atoms with E-state index in [4.69, 9.17) is 0 Å². The maximum Gasteiger partial charge on any atom is 0.260 e. The van der Waals surface area contributed by atoms with Gasteiger partial charge < -0.3 is 15.5 Å². The lowest BCUT2D eigenvalue weighted by atomic mass is 9.92. The van der Waals surface area contributed by atoms with E-state index in [1.807, 2.05) is 35.7 Å². The minimum absolute atomic E-state index is 0.368. The quantitative estimate of drug-likeness (QED) is 0.401. The van der Waals surface area contributed by atoms with E-state index in [9.17, 15) is 9.59 Å². The van der Waals surface area contributed by atoms with Crippen LogP contribution in [0.2, 0.25) is 0 Å². The molecule has 2 amide bonds. The standard InChI is InChI=1S/C26H26N4O2S/c1-16-13-30(14-17(2)28-16)21-6-4-20(5-7-21)27-12-24-23-11-18(19-9-10-33-15-19)3-8-22(23)25(31)29-26(24)32/h3-12,15-17,27-28H,13-14H2,1-2H3,(H,29,31,32)/b24-12-/t16-,17+. The first kappa shape index (κ1) is 21.4. The van der Waals surface area contributed by atoms with Crippen molar-refractivity contribution >= 4 is 40.1 Å². The number of anilines is 2. The number of imide groups is 1. The van der Waals surface area contributed by atoms with E-state index < -0.39 is 5.91 Å². The van der Waals surface area contributed by atoms with Crippen molar-refractivity contribution in [3.8, 4) is 11.1 Å². The number of hydrogen-bond acceptors (Lipinski definition) is 6. The molecule has 33 heavy (non-hydrogen) atoms. The number of carbonyl (C=O) groups is 2. The first-order valence-corrected chi connectivity index (χ1v) is 12.0. The average Bonchev–Trinajstić information content (AvgIpc) is 3.33. The van der Waals surface area contributed by atoms with Gasteiger partial charge in [-0.25, -0.2) is 0 Å². The first-order valence-electron chi connectivity index (χ1n) is 11.1. The van der Waals surface area contributed by atoms with Crippen LogP contribution in [0.1, 0.15) is 29.8 Å².